The molecule has 23 heavy (non-hydrogen) atoms. The lowest BCUT2D eigenvalue weighted by molar-refractivity contribution is -0.524. The van der Waals surface area contributed by atoms with E-state index in [9.17, 15) is 14.9 Å². The van der Waals surface area contributed by atoms with E-state index in [0.29, 0.717) is 12.8 Å². The molecular formula is C18H33NO4. The highest BCUT2D eigenvalue weighted by molar-refractivity contribution is 5.79. The van der Waals surface area contributed by atoms with Crippen molar-refractivity contribution in [2.24, 2.45) is 0 Å². The molecule has 0 aromatic carbocycles. The van der Waals surface area contributed by atoms with Gasteiger partial charge >= 0.3 is 5.97 Å². The maximum absolute atomic E-state index is 11.1. The van der Waals surface area contributed by atoms with Gasteiger partial charge in [0.1, 0.15) is 0 Å². The van der Waals surface area contributed by atoms with E-state index in [1.807, 2.05) is 0 Å². The summed E-state index contributed by atoms with van der Waals surface area (Å²) in [7, 11) is 0. The summed E-state index contributed by atoms with van der Waals surface area (Å²) >= 11 is 0. The quantitative estimate of drug-likeness (QED) is 0.179. The Hall–Kier alpha value is -1.39. The minimum atomic E-state index is -0.909. The first kappa shape index (κ1) is 21.6. The van der Waals surface area contributed by atoms with Gasteiger partial charge < -0.3 is 5.11 Å². The average Bonchev–Trinajstić information content (AvgIpc) is 2.50. The molecular weight excluding hydrogens is 294 g/mol. The zero-order valence-electron chi connectivity index (χ0n) is 14.5. The SMILES string of the molecule is CCCCCCCCC(CCCCCC/C=C/C(=O)O)[N+](=O)[O-]. The number of allylic oxidation sites excluding steroid dienone is 1. The molecule has 0 aliphatic rings. The summed E-state index contributed by atoms with van der Waals surface area (Å²) < 4.78 is 0. The number of hydrogen-bond acceptors (Lipinski definition) is 3. The average molecular weight is 327 g/mol. The summed E-state index contributed by atoms with van der Waals surface area (Å²) in [6, 6.07) is -0.381. The number of unbranched alkanes of at least 4 members (excludes halogenated alkanes) is 9. The standard InChI is InChI=1S/C18H33NO4/c1-2-3-4-5-8-11-14-17(19(22)23)15-12-9-6-7-10-13-16-18(20)21/h13,16-17H,2-12,14-15H2,1H3,(H,20,21)/b16-13+. The van der Waals surface area contributed by atoms with E-state index in [0.717, 1.165) is 44.9 Å². The minimum absolute atomic E-state index is 0.109. The van der Waals surface area contributed by atoms with Gasteiger partial charge in [0.25, 0.3) is 0 Å². The molecule has 0 aliphatic heterocycles. The second-order valence-electron chi connectivity index (χ2n) is 6.23. The van der Waals surface area contributed by atoms with E-state index >= 15 is 0 Å². The van der Waals surface area contributed by atoms with Gasteiger partial charge in [-0.15, -0.1) is 0 Å². The van der Waals surface area contributed by atoms with Gasteiger partial charge in [0.05, 0.1) is 0 Å². The lowest BCUT2D eigenvalue weighted by atomic mass is 10.0. The van der Waals surface area contributed by atoms with Crippen LogP contribution in [0.15, 0.2) is 12.2 Å². The van der Waals surface area contributed by atoms with Gasteiger partial charge in [-0.25, -0.2) is 4.79 Å². The van der Waals surface area contributed by atoms with Crippen LogP contribution in [0.25, 0.3) is 0 Å². The third-order valence-electron chi connectivity index (χ3n) is 4.11. The number of nitro groups is 1. The summed E-state index contributed by atoms with van der Waals surface area (Å²) in [5, 5.41) is 19.5. The molecule has 0 aliphatic carbocycles. The number of carboxylic acids is 1. The van der Waals surface area contributed by atoms with Gasteiger partial charge in [-0.05, 0) is 25.7 Å². The van der Waals surface area contributed by atoms with Crippen LogP contribution in [0.3, 0.4) is 0 Å². The van der Waals surface area contributed by atoms with Crippen LogP contribution in [0.2, 0.25) is 0 Å². The second-order valence-corrected chi connectivity index (χ2v) is 6.23. The molecule has 0 spiro atoms. The van der Waals surface area contributed by atoms with E-state index in [1.165, 1.54) is 31.8 Å². The Morgan fingerprint density at radius 2 is 1.52 bits per heavy atom. The molecule has 1 N–H and O–H groups in total. The van der Waals surface area contributed by atoms with Gasteiger partial charge in [-0.2, -0.15) is 0 Å². The molecule has 0 bridgehead atoms. The molecule has 1 atom stereocenters. The molecule has 5 nitrogen and oxygen atoms in total. The Bertz CT molecular complexity index is 342. The largest absolute Gasteiger partial charge is 0.478 e. The highest BCUT2D eigenvalue weighted by Gasteiger charge is 2.18. The third kappa shape index (κ3) is 15.3. The maximum atomic E-state index is 11.1. The van der Waals surface area contributed by atoms with Crippen molar-refractivity contribution in [1.29, 1.82) is 0 Å². The van der Waals surface area contributed by atoms with Crippen LogP contribution < -0.4 is 0 Å². The first-order valence-corrected chi connectivity index (χ1v) is 9.10. The predicted molar refractivity (Wildman–Crippen MR) is 93.3 cm³/mol. The fraction of sp³-hybridized carbons (Fsp3) is 0.833. The van der Waals surface area contributed by atoms with Crippen LogP contribution in [0.1, 0.15) is 90.4 Å². The molecule has 0 heterocycles. The zero-order chi connectivity index (χ0) is 17.3. The van der Waals surface area contributed by atoms with E-state index in [-0.39, 0.29) is 11.0 Å². The number of aliphatic carboxylic acids is 1. The Morgan fingerprint density at radius 3 is 2.04 bits per heavy atom. The van der Waals surface area contributed by atoms with Crippen LogP contribution in [-0.2, 0) is 4.79 Å². The van der Waals surface area contributed by atoms with Gasteiger partial charge in [0.15, 0.2) is 0 Å². The fourth-order valence-corrected chi connectivity index (χ4v) is 2.70. The number of carboxylic acid groups (broad SMARTS) is 1. The Kier molecular flexibility index (Phi) is 14.6. The highest BCUT2D eigenvalue weighted by atomic mass is 16.6. The zero-order valence-corrected chi connectivity index (χ0v) is 14.5. The van der Waals surface area contributed by atoms with Crippen LogP contribution in [-0.4, -0.2) is 22.0 Å². The Labute approximate surface area is 140 Å². The number of nitrogens with zero attached hydrogens (tertiary/aromatic N) is 1. The maximum Gasteiger partial charge on any atom is 0.327 e. The van der Waals surface area contributed by atoms with Gasteiger partial charge in [0, 0.05) is 23.8 Å². The van der Waals surface area contributed by atoms with Crippen LogP contribution >= 0.6 is 0 Å². The molecule has 0 saturated heterocycles. The molecule has 0 saturated carbocycles. The van der Waals surface area contributed by atoms with Crippen LogP contribution in [0.4, 0.5) is 0 Å². The van der Waals surface area contributed by atoms with E-state index in [4.69, 9.17) is 5.11 Å². The lowest BCUT2D eigenvalue weighted by Gasteiger charge is -2.09. The number of carbonyl (C=O) groups is 1. The first-order chi connectivity index (χ1) is 11.1. The monoisotopic (exact) mass is 327 g/mol. The van der Waals surface area contributed by atoms with Crippen molar-refractivity contribution in [1.82, 2.24) is 0 Å². The smallest absolute Gasteiger partial charge is 0.327 e. The van der Waals surface area contributed by atoms with Crippen molar-refractivity contribution in [3.63, 3.8) is 0 Å². The van der Waals surface area contributed by atoms with Crippen molar-refractivity contribution < 1.29 is 14.8 Å². The Balaban J connectivity index is 3.60. The number of rotatable bonds is 16. The van der Waals surface area contributed by atoms with Crippen LogP contribution in [0.5, 0.6) is 0 Å². The predicted octanol–water partition coefficient (Wildman–Crippen LogP) is 5.36. The third-order valence-corrected chi connectivity index (χ3v) is 4.11. The lowest BCUT2D eigenvalue weighted by Crippen LogP contribution is -2.19. The molecule has 0 fully saturated rings. The topological polar surface area (TPSA) is 80.4 Å². The van der Waals surface area contributed by atoms with Gasteiger partial charge in [0.2, 0.25) is 6.04 Å². The molecule has 1 unspecified atom stereocenters. The molecule has 0 amide bonds. The van der Waals surface area contributed by atoms with Crippen molar-refractivity contribution in [2.75, 3.05) is 0 Å². The molecule has 0 rings (SSSR count). The van der Waals surface area contributed by atoms with Crippen LogP contribution in [0, 0.1) is 10.1 Å². The molecule has 0 radical (unpaired) electrons. The molecule has 5 heteroatoms. The summed E-state index contributed by atoms with van der Waals surface area (Å²) in [6.45, 7) is 2.19. The van der Waals surface area contributed by atoms with E-state index in [2.05, 4.69) is 6.92 Å². The minimum Gasteiger partial charge on any atom is -0.478 e. The van der Waals surface area contributed by atoms with Crippen molar-refractivity contribution in [3.8, 4) is 0 Å². The normalized spacial score (nSPS) is 12.6. The summed E-state index contributed by atoms with van der Waals surface area (Å²) in [4.78, 5) is 21.2. The highest BCUT2D eigenvalue weighted by Crippen LogP contribution is 2.15. The van der Waals surface area contributed by atoms with Gasteiger partial charge in [-0.3, -0.25) is 10.1 Å². The summed E-state index contributed by atoms with van der Waals surface area (Å²) in [5.74, 6) is -0.909. The fourth-order valence-electron chi connectivity index (χ4n) is 2.70. The van der Waals surface area contributed by atoms with Crippen molar-refractivity contribution in [3.05, 3.63) is 22.3 Å². The first-order valence-electron chi connectivity index (χ1n) is 9.10. The van der Waals surface area contributed by atoms with E-state index in [1.54, 1.807) is 6.08 Å². The van der Waals surface area contributed by atoms with Crippen molar-refractivity contribution in [2.45, 2.75) is 96.4 Å². The van der Waals surface area contributed by atoms with Crippen molar-refractivity contribution >= 4 is 5.97 Å². The van der Waals surface area contributed by atoms with Gasteiger partial charge in [-0.1, -0.05) is 57.9 Å². The molecule has 0 aromatic heterocycles. The second kappa shape index (κ2) is 15.5. The van der Waals surface area contributed by atoms with E-state index < -0.39 is 5.97 Å². The Morgan fingerprint density at radius 1 is 1.00 bits per heavy atom. The summed E-state index contributed by atoms with van der Waals surface area (Å²) in [6.07, 6.45) is 15.8. The molecule has 0 aromatic rings. The molecule has 134 valence electrons. The number of hydrogen-bond donors (Lipinski definition) is 1. The summed E-state index contributed by atoms with van der Waals surface area (Å²) in [5.41, 5.74) is 0.